The van der Waals surface area contributed by atoms with Gasteiger partial charge in [-0.15, -0.1) is 12.4 Å². The first-order chi connectivity index (χ1) is 13.0. The molecule has 148 valence electrons. The Balaban J connectivity index is 0.00000225. The molecule has 3 aromatic rings. The minimum Gasteiger partial charge on any atom is -0.313 e. The van der Waals surface area contributed by atoms with E-state index in [9.17, 15) is 12.8 Å². The smallest absolute Gasteiger partial charge is 0.268 e. The Hall–Kier alpha value is -2.15. The molecule has 4 rings (SSSR count). The average molecular weight is 421 g/mol. The van der Waals surface area contributed by atoms with E-state index in [-0.39, 0.29) is 23.3 Å². The van der Waals surface area contributed by atoms with E-state index >= 15 is 0 Å². The lowest BCUT2D eigenvalue weighted by Crippen LogP contribution is -2.24. The SMILES string of the molecule is CNC1CCCc2c1cc(-c1ccccc1)n2S(=O)(=O)c1cccc(F)c1.Cl. The molecule has 1 aliphatic carbocycles. The fraction of sp³-hybridized carbons (Fsp3) is 0.238. The number of halogens is 2. The Morgan fingerprint density at radius 3 is 2.50 bits per heavy atom. The molecule has 4 nitrogen and oxygen atoms in total. The van der Waals surface area contributed by atoms with Gasteiger partial charge in [-0.2, -0.15) is 0 Å². The molecule has 1 heterocycles. The molecule has 0 amide bonds. The number of nitrogens with zero attached hydrogens (tertiary/aromatic N) is 1. The van der Waals surface area contributed by atoms with E-state index in [1.807, 2.05) is 43.4 Å². The molecule has 0 bridgehead atoms. The Kier molecular flexibility index (Phi) is 5.93. The third-order valence-electron chi connectivity index (χ3n) is 5.12. The zero-order valence-electron chi connectivity index (χ0n) is 15.4. The second-order valence-corrected chi connectivity index (χ2v) is 8.54. The lowest BCUT2D eigenvalue weighted by molar-refractivity contribution is 0.491. The third kappa shape index (κ3) is 3.48. The van der Waals surface area contributed by atoms with Gasteiger partial charge in [0.1, 0.15) is 5.82 Å². The molecular formula is C21H22ClFN2O2S. The molecule has 1 unspecified atom stereocenters. The minimum absolute atomic E-state index is 0. The molecule has 0 saturated heterocycles. The first-order valence-corrected chi connectivity index (χ1v) is 10.4. The number of nitrogens with one attached hydrogen (secondary N) is 1. The third-order valence-corrected chi connectivity index (χ3v) is 6.87. The minimum atomic E-state index is -3.92. The normalized spacial score (nSPS) is 16.3. The van der Waals surface area contributed by atoms with Crippen LogP contribution < -0.4 is 5.32 Å². The Labute approximate surface area is 170 Å². The first-order valence-electron chi connectivity index (χ1n) is 9.00. The van der Waals surface area contributed by atoms with Crippen molar-refractivity contribution in [3.63, 3.8) is 0 Å². The van der Waals surface area contributed by atoms with Gasteiger partial charge in [0, 0.05) is 11.7 Å². The molecule has 0 saturated carbocycles. The van der Waals surface area contributed by atoms with Gasteiger partial charge in [-0.05, 0) is 61.7 Å². The molecule has 7 heteroatoms. The van der Waals surface area contributed by atoms with Crippen LogP contribution in [0.2, 0.25) is 0 Å². The summed E-state index contributed by atoms with van der Waals surface area (Å²) in [4.78, 5) is -0.0373. The molecule has 2 aromatic carbocycles. The van der Waals surface area contributed by atoms with Crippen molar-refractivity contribution in [1.82, 2.24) is 9.29 Å². The van der Waals surface area contributed by atoms with Crippen LogP contribution in [-0.2, 0) is 16.4 Å². The second-order valence-electron chi connectivity index (χ2n) is 6.76. The van der Waals surface area contributed by atoms with Crippen LogP contribution in [0, 0.1) is 5.82 Å². The van der Waals surface area contributed by atoms with Gasteiger partial charge < -0.3 is 5.32 Å². The standard InChI is InChI=1S/C21H21FN2O2S.ClH/c1-23-19-11-6-12-20-18(19)14-21(15-7-3-2-4-8-15)24(20)27(25,26)17-10-5-9-16(22)13-17;/h2-5,7-10,13-14,19,23H,6,11-12H2,1H3;1H. The van der Waals surface area contributed by atoms with Crippen LogP contribution in [0.15, 0.2) is 65.6 Å². The predicted molar refractivity (Wildman–Crippen MR) is 111 cm³/mol. The van der Waals surface area contributed by atoms with Crippen molar-refractivity contribution in [3.8, 4) is 11.3 Å². The highest BCUT2D eigenvalue weighted by Crippen LogP contribution is 2.38. The number of hydrogen-bond acceptors (Lipinski definition) is 3. The molecule has 0 aliphatic heterocycles. The van der Waals surface area contributed by atoms with Crippen molar-refractivity contribution in [2.45, 2.75) is 30.2 Å². The molecule has 1 atom stereocenters. The Morgan fingerprint density at radius 1 is 1.07 bits per heavy atom. The second kappa shape index (κ2) is 8.07. The van der Waals surface area contributed by atoms with Gasteiger partial charge in [0.2, 0.25) is 0 Å². The van der Waals surface area contributed by atoms with Gasteiger partial charge in [0.05, 0.1) is 10.6 Å². The Bertz CT molecular complexity index is 1080. The van der Waals surface area contributed by atoms with Crippen LogP contribution in [0.3, 0.4) is 0 Å². The summed E-state index contributed by atoms with van der Waals surface area (Å²) in [5.74, 6) is -0.563. The van der Waals surface area contributed by atoms with E-state index < -0.39 is 15.8 Å². The number of fused-ring (bicyclic) bond motifs is 1. The number of hydrogen-bond donors (Lipinski definition) is 1. The van der Waals surface area contributed by atoms with E-state index in [1.54, 1.807) is 0 Å². The summed E-state index contributed by atoms with van der Waals surface area (Å²) < 4.78 is 42.1. The van der Waals surface area contributed by atoms with Crippen LogP contribution in [0.25, 0.3) is 11.3 Å². The fourth-order valence-corrected chi connectivity index (χ4v) is 5.47. The maximum atomic E-state index is 13.7. The lowest BCUT2D eigenvalue weighted by Gasteiger charge is -2.23. The van der Waals surface area contributed by atoms with Crippen LogP contribution in [0.5, 0.6) is 0 Å². The monoisotopic (exact) mass is 420 g/mol. The van der Waals surface area contributed by atoms with E-state index in [0.717, 1.165) is 35.7 Å². The van der Waals surface area contributed by atoms with Gasteiger partial charge in [-0.3, -0.25) is 0 Å². The maximum Gasteiger partial charge on any atom is 0.268 e. The van der Waals surface area contributed by atoms with E-state index in [0.29, 0.717) is 12.1 Å². The number of rotatable bonds is 4. The van der Waals surface area contributed by atoms with E-state index in [1.165, 1.54) is 22.2 Å². The molecule has 0 fully saturated rings. The lowest BCUT2D eigenvalue weighted by atomic mass is 9.93. The highest BCUT2D eigenvalue weighted by Gasteiger charge is 2.31. The zero-order valence-corrected chi connectivity index (χ0v) is 17.1. The molecular weight excluding hydrogens is 399 g/mol. The van der Waals surface area contributed by atoms with E-state index in [4.69, 9.17) is 0 Å². The maximum absolute atomic E-state index is 13.7. The summed E-state index contributed by atoms with van der Waals surface area (Å²) >= 11 is 0. The van der Waals surface area contributed by atoms with Crippen molar-refractivity contribution in [2.24, 2.45) is 0 Å². The zero-order chi connectivity index (χ0) is 19.0. The van der Waals surface area contributed by atoms with Crippen molar-refractivity contribution in [2.75, 3.05) is 7.05 Å². The molecule has 0 radical (unpaired) electrons. The van der Waals surface area contributed by atoms with Crippen molar-refractivity contribution in [3.05, 3.63) is 77.7 Å². The predicted octanol–water partition coefficient (Wildman–Crippen LogP) is 4.55. The molecule has 0 spiro atoms. The summed E-state index contributed by atoms with van der Waals surface area (Å²) in [5.41, 5.74) is 3.22. The fourth-order valence-electron chi connectivity index (χ4n) is 3.85. The molecule has 28 heavy (non-hydrogen) atoms. The molecule has 1 aliphatic rings. The summed E-state index contributed by atoms with van der Waals surface area (Å²) in [6.45, 7) is 0. The first kappa shape index (κ1) is 20.6. The summed E-state index contributed by atoms with van der Waals surface area (Å²) in [7, 11) is -2.03. The molecule has 1 N–H and O–H groups in total. The number of aromatic nitrogens is 1. The Morgan fingerprint density at radius 2 is 1.82 bits per heavy atom. The summed E-state index contributed by atoms with van der Waals surface area (Å²) in [6.07, 6.45) is 2.53. The van der Waals surface area contributed by atoms with Gasteiger partial charge in [0.15, 0.2) is 0 Å². The summed E-state index contributed by atoms with van der Waals surface area (Å²) in [6, 6.07) is 16.7. The number of benzene rings is 2. The van der Waals surface area contributed by atoms with Crippen molar-refractivity contribution < 1.29 is 12.8 Å². The highest BCUT2D eigenvalue weighted by molar-refractivity contribution is 7.90. The van der Waals surface area contributed by atoms with Crippen LogP contribution >= 0.6 is 12.4 Å². The average Bonchev–Trinajstić information content (AvgIpc) is 3.09. The van der Waals surface area contributed by atoms with Crippen molar-refractivity contribution >= 4 is 22.4 Å². The van der Waals surface area contributed by atoms with E-state index in [2.05, 4.69) is 5.32 Å². The highest BCUT2D eigenvalue weighted by atomic mass is 35.5. The van der Waals surface area contributed by atoms with Gasteiger partial charge >= 0.3 is 0 Å². The van der Waals surface area contributed by atoms with Gasteiger partial charge in [-0.1, -0.05) is 36.4 Å². The van der Waals surface area contributed by atoms with Gasteiger partial charge in [-0.25, -0.2) is 16.8 Å². The largest absolute Gasteiger partial charge is 0.313 e. The topological polar surface area (TPSA) is 51.1 Å². The van der Waals surface area contributed by atoms with Crippen LogP contribution in [0.4, 0.5) is 4.39 Å². The van der Waals surface area contributed by atoms with Crippen LogP contribution in [-0.4, -0.2) is 19.4 Å². The van der Waals surface area contributed by atoms with Crippen LogP contribution in [0.1, 0.15) is 30.1 Å². The van der Waals surface area contributed by atoms with Crippen molar-refractivity contribution in [1.29, 1.82) is 0 Å². The molecule has 1 aromatic heterocycles. The quantitative estimate of drug-likeness (QED) is 0.673. The van der Waals surface area contributed by atoms with Gasteiger partial charge in [0.25, 0.3) is 10.0 Å². The summed E-state index contributed by atoms with van der Waals surface area (Å²) in [5, 5.41) is 3.28.